The van der Waals surface area contributed by atoms with Gasteiger partial charge in [0.05, 0.1) is 6.54 Å². The molecule has 0 unspecified atom stereocenters. The van der Waals surface area contributed by atoms with Gasteiger partial charge in [0, 0.05) is 31.7 Å². The zero-order valence-corrected chi connectivity index (χ0v) is 18.3. The zero-order chi connectivity index (χ0) is 22.6. The highest BCUT2D eigenvalue weighted by Gasteiger charge is 2.23. The largest absolute Gasteiger partial charge is 0.454 e. The van der Waals surface area contributed by atoms with Crippen LogP contribution in [0.25, 0.3) is 0 Å². The van der Waals surface area contributed by atoms with Crippen LogP contribution in [0, 0.1) is 5.82 Å². The summed E-state index contributed by atoms with van der Waals surface area (Å²) in [5.74, 6) is 1.48. The number of ether oxygens (including phenoxy) is 2. The van der Waals surface area contributed by atoms with Crippen LogP contribution in [0.2, 0.25) is 0 Å². The first-order valence-corrected chi connectivity index (χ1v) is 11.2. The molecule has 0 spiro atoms. The molecule has 0 radical (unpaired) electrons. The van der Waals surface area contributed by atoms with Crippen molar-refractivity contribution < 1.29 is 23.1 Å². The summed E-state index contributed by atoms with van der Waals surface area (Å²) in [6, 6.07) is 12.5. The first-order valence-electron chi connectivity index (χ1n) is 11.2. The summed E-state index contributed by atoms with van der Waals surface area (Å²) in [7, 11) is 0. The highest BCUT2D eigenvalue weighted by molar-refractivity contribution is 5.92. The number of nitrogens with zero attached hydrogens (tertiary/aromatic N) is 3. The van der Waals surface area contributed by atoms with Gasteiger partial charge < -0.3 is 18.8 Å². The third-order valence-corrected chi connectivity index (χ3v) is 5.97. The minimum absolute atomic E-state index is 0.0962. The fourth-order valence-corrected chi connectivity index (χ4v) is 4.26. The molecule has 0 N–H and O–H groups in total. The lowest BCUT2D eigenvalue weighted by molar-refractivity contribution is 0.0718. The maximum absolute atomic E-state index is 14.4. The first kappa shape index (κ1) is 21.5. The molecule has 2 aromatic carbocycles. The minimum atomic E-state index is -0.262. The fourth-order valence-electron chi connectivity index (χ4n) is 4.26. The molecule has 1 aromatic heterocycles. The van der Waals surface area contributed by atoms with E-state index in [1.54, 1.807) is 12.1 Å². The van der Waals surface area contributed by atoms with Crippen molar-refractivity contribution in [2.24, 2.45) is 0 Å². The van der Waals surface area contributed by atoms with Gasteiger partial charge in [0.2, 0.25) is 12.7 Å². The monoisotopic (exact) mass is 451 g/mol. The Balaban J connectivity index is 1.33. The summed E-state index contributed by atoms with van der Waals surface area (Å²) in [5, 5.41) is 0. The Labute approximate surface area is 191 Å². The van der Waals surface area contributed by atoms with Gasteiger partial charge in [-0.05, 0) is 43.0 Å². The van der Waals surface area contributed by atoms with E-state index in [9.17, 15) is 9.18 Å². The van der Waals surface area contributed by atoms with Crippen LogP contribution in [0.3, 0.4) is 0 Å². The highest BCUT2D eigenvalue weighted by atomic mass is 19.1. The van der Waals surface area contributed by atoms with Gasteiger partial charge in [0.1, 0.15) is 12.1 Å². The van der Waals surface area contributed by atoms with E-state index < -0.39 is 0 Å². The number of carbonyl (C=O) groups is 1. The molecule has 0 saturated carbocycles. The molecule has 5 rings (SSSR count). The van der Waals surface area contributed by atoms with Crippen LogP contribution >= 0.6 is 0 Å². The topological polar surface area (TPSA) is 68.0 Å². The van der Waals surface area contributed by atoms with Crippen LogP contribution in [0.5, 0.6) is 11.5 Å². The summed E-state index contributed by atoms with van der Waals surface area (Å²) < 4.78 is 30.9. The molecule has 7 nitrogen and oxygen atoms in total. The third-order valence-electron chi connectivity index (χ3n) is 5.97. The average Bonchev–Trinajstić information content (AvgIpc) is 3.50. The Morgan fingerprint density at radius 1 is 1.00 bits per heavy atom. The molecular formula is C25H26FN3O4. The second-order valence-corrected chi connectivity index (χ2v) is 8.40. The number of halogens is 1. The molecule has 2 aliphatic rings. The number of hydrogen-bond acceptors (Lipinski definition) is 6. The summed E-state index contributed by atoms with van der Waals surface area (Å²) in [6.07, 6.45) is 4.61. The standard InChI is InChI=1S/C25H26FN3O4/c26-20-7-3-2-6-19(20)14-28(13-18-8-9-22-23(12-18)33-17-32-22)15-24-27-21(16-31-24)25(30)29-10-4-1-5-11-29/h2-3,6-9,12,16H,1,4-5,10-11,13-15,17H2. The molecular weight excluding hydrogens is 425 g/mol. The van der Waals surface area contributed by atoms with Gasteiger partial charge >= 0.3 is 0 Å². The van der Waals surface area contributed by atoms with E-state index in [-0.39, 0.29) is 18.5 Å². The summed E-state index contributed by atoms with van der Waals surface area (Å²) >= 11 is 0. The van der Waals surface area contributed by atoms with Crippen LogP contribution in [0.4, 0.5) is 4.39 Å². The van der Waals surface area contributed by atoms with Gasteiger partial charge in [0.15, 0.2) is 17.2 Å². The van der Waals surface area contributed by atoms with Crippen LogP contribution < -0.4 is 9.47 Å². The number of piperidine rings is 1. The van der Waals surface area contributed by atoms with Gasteiger partial charge in [-0.25, -0.2) is 9.37 Å². The van der Waals surface area contributed by atoms with Crippen molar-refractivity contribution in [3.63, 3.8) is 0 Å². The van der Waals surface area contributed by atoms with Gasteiger partial charge in [-0.15, -0.1) is 0 Å². The molecule has 0 aliphatic carbocycles. The molecule has 1 saturated heterocycles. The van der Waals surface area contributed by atoms with Crippen molar-refractivity contribution in [1.82, 2.24) is 14.8 Å². The number of rotatable bonds is 7. The van der Waals surface area contributed by atoms with E-state index in [2.05, 4.69) is 4.98 Å². The maximum atomic E-state index is 14.4. The van der Waals surface area contributed by atoms with Crippen molar-refractivity contribution in [2.45, 2.75) is 38.9 Å². The molecule has 8 heteroatoms. The van der Waals surface area contributed by atoms with E-state index in [1.807, 2.05) is 34.1 Å². The lowest BCUT2D eigenvalue weighted by Gasteiger charge is -2.25. The lowest BCUT2D eigenvalue weighted by atomic mass is 10.1. The third kappa shape index (κ3) is 5.01. The summed E-state index contributed by atoms with van der Waals surface area (Å²) in [4.78, 5) is 21.1. The van der Waals surface area contributed by atoms with E-state index in [0.717, 1.165) is 37.9 Å². The average molecular weight is 451 g/mol. The number of aromatic nitrogens is 1. The second-order valence-electron chi connectivity index (χ2n) is 8.40. The van der Waals surface area contributed by atoms with E-state index in [1.165, 1.54) is 12.3 Å². The molecule has 172 valence electrons. The van der Waals surface area contributed by atoms with Gasteiger partial charge in [-0.3, -0.25) is 9.69 Å². The smallest absolute Gasteiger partial charge is 0.275 e. The van der Waals surface area contributed by atoms with Gasteiger partial charge in [0.25, 0.3) is 5.91 Å². The van der Waals surface area contributed by atoms with E-state index in [0.29, 0.717) is 48.3 Å². The Kier molecular flexibility index (Phi) is 6.26. The molecule has 3 aromatic rings. The Morgan fingerprint density at radius 2 is 1.82 bits per heavy atom. The Bertz CT molecular complexity index is 1130. The molecule has 0 bridgehead atoms. The number of likely N-dealkylation sites (tertiary alicyclic amines) is 1. The molecule has 3 heterocycles. The zero-order valence-electron chi connectivity index (χ0n) is 18.3. The minimum Gasteiger partial charge on any atom is -0.454 e. The molecule has 0 atom stereocenters. The van der Waals surface area contributed by atoms with Crippen LogP contribution in [0.15, 0.2) is 53.1 Å². The predicted octanol–water partition coefficient (Wildman–Crippen LogP) is 4.37. The lowest BCUT2D eigenvalue weighted by Crippen LogP contribution is -2.35. The number of benzene rings is 2. The molecule has 2 aliphatic heterocycles. The van der Waals surface area contributed by atoms with Crippen molar-refractivity contribution in [2.75, 3.05) is 19.9 Å². The maximum Gasteiger partial charge on any atom is 0.275 e. The van der Waals surface area contributed by atoms with Gasteiger partial charge in [-0.2, -0.15) is 0 Å². The molecule has 33 heavy (non-hydrogen) atoms. The van der Waals surface area contributed by atoms with Crippen molar-refractivity contribution >= 4 is 5.91 Å². The Hall–Kier alpha value is -3.39. The highest BCUT2D eigenvalue weighted by Crippen LogP contribution is 2.33. The van der Waals surface area contributed by atoms with E-state index >= 15 is 0 Å². The predicted molar refractivity (Wildman–Crippen MR) is 118 cm³/mol. The second kappa shape index (κ2) is 9.62. The Morgan fingerprint density at radius 3 is 2.67 bits per heavy atom. The first-order chi connectivity index (χ1) is 16.2. The number of fused-ring (bicyclic) bond motifs is 1. The summed E-state index contributed by atoms with van der Waals surface area (Å²) in [6.45, 7) is 2.93. The number of carbonyl (C=O) groups excluding carboxylic acids is 1. The number of hydrogen-bond donors (Lipinski definition) is 0. The van der Waals surface area contributed by atoms with Crippen LogP contribution in [-0.2, 0) is 19.6 Å². The summed E-state index contributed by atoms with van der Waals surface area (Å²) in [5.41, 5.74) is 1.89. The molecule has 1 fully saturated rings. The van der Waals surface area contributed by atoms with Crippen molar-refractivity contribution in [1.29, 1.82) is 0 Å². The number of amides is 1. The van der Waals surface area contributed by atoms with Crippen molar-refractivity contribution in [3.8, 4) is 11.5 Å². The van der Waals surface area contributed by atoms with Gasteiger partial charge in [-0.1, -0.05) is 24.3 Å². The fraction of sp³-hybridized carbons (Fsp3) is 0.360. The number of oxazole rings is 1. The molecule has 1 amide bonds. The quantitative estimate of drug-likeness (QED) is 0.531. The van der Waals surface area contributed by atoms with Crippen LogP contribution in [0.1, 0.15) is 46.8 Å². The van der Waals surface area contributed by atoms with Crippen LogP contribution in [-0.4, -0.2) is 40.6 Å². The SMILES string of the molecule is O=C(c1coc(CN(Cc2ccc3c(c2)OCO3)Cc2ccccc2F)n1)N1CCCCC1. The van der Waals surface area contributed by atoms with Crippen molar-refractivity contribution in [3.05, 3.63) is 77.3 Å². The normalized spacial score (nSPS) is 15.3. The van der Waals surface area contributed by atoms with E-state index in [4.69, 9.17) is 13.9 Å².